The van der Waals surface area contributed by atoms with E-state index in [1.54, 1.807) is 13.2 Å². The van der Waals surface area contributed by atoms with Crippen molar-refractivity contribution < 1.29 is 9.13 Å². The summed E-state index contributed by atoms with van der Waals surface area (Å²) in [5.74, 6) is 0.449. The number of rotatable bonds is 5. The molecule has 0 bridgehead atoms. The second-order valence-electron chi connectivity index (χ2n) is 3.66. The molecular formula is C13H18FNO. The zero-order valence-electron chi connectivity index (χ0n) is 9.79. The van der Waals surface area contributed by atoms with Crippen LogP contribution in [0.1, 0.15) is 25.3 Å². The van der Waals surface area contributed by atoms with Crippen LogP contribution in [-0.2, 0) is 0 Å². The van der Waals surface area contributed by atoms with Gasteiger partial charge in [0, 0.05) is 5.56 Å². The van der Waals surface area contributed by atoms with Crippen LogP contribution in [0, 0.1) is 5.82 Å². The second kappa shape index (κ2) is 6.28. The minimum atomic E-state index is -0.248. The lowest BCUT2D eigenvalue weighted by molar-refractivity contribution is 0.412. The molecule has 0 aliphatic rings. The number of hydrogen-bond donors (Lipinski definition) is 1. The Morgan fingerprint density at radius 1 is 1.50 bits per heavy atom. The molecule has 0 atom stereocenters. The third-order valence-corrected chi connectivity index (χ3v) is 2.45. The summed E-state index contributed by atoms with van der Waals surface area (Å²) in [6.45, 7) is 2.62. The first-order valence-electron chi connectivity index (χ1n) is 5.39. The zero-order valence-corrected chi connectivity index (χ0v) is 9.79. The Morgan fingerprint density at radius 2 is 2.25 bits per heavy atom. The van der Waals surface area contributed by atoms with E-state index in [2.05, 4.69) is 6.08 Å². The number of allylic oxidation sites excluding steroid dienone is 2. The van der Waals surface area contributed by atoms with E-state index in [4.69, 9.17) is 10.5 Å². The maximum Gasteiger partial charge on any atom is 0.126 e. The number of hydrogen-bond acceptors (Lipinski definition) is 2. The van der Waals surface area contributed by atoms with Crippen molar-refractivity contribution in [1.29, 1.82) is 0 Å². The van der Waals surface area contributed by atoms with E-state index in [1.807, 2.05) is 6.92 Å². The van der Waals surface area contributed by atoms with E-state index in [1.165, 1.54) is 12.1 Å². The van der Waals surface area contributed by atoms with Crippen LogP contribution in [0.4, 0.5) is 4.39 Å². The summed E-state index contributed by atoms with van der Waals surface area (Å²) in [5.41, 5.74) is 7.24. The Hall–Kier alpha value is -1.35. The first-order chi connectivity index (χ1) is 7.69. The molecule has 0 aliphatic heterocycles. The molecule has 0 saturated carbocycles. The summed E-state index contributed by atoms with van der Waals surface area (Å²) >= 11 is 0. The number of ether oxygens (including phenoxy) is 1. The molecule has 0 spiro atoms. The summed E-state index contributed by atoms with van der Waals surface area (Å²) in [5, 5.41) is 0. The Labute approximate surface area is 95.9 Å². The Bertz CT molecular complexity index is 374. The topological polar surface area (TPSA) is 35.2 Å². The van der Waals surface area contributed by atoms with Crippen molar-refractivity contribution in [3.05, 3.63) is 35.7 Å². The number of benzene rings is 1. The SMILES string of the molecule is COc1ccc(F)cc1/C(C)=C/CCCN. The van der Waals surface area contributed by atoms with E-state index in [-0.39, 0.29) is 5.82 Å². The van der Waals surface area contributed by atoms with E-state index in [0.29, 0.717) is 12.3 Å². The molecule has 0 amide bonds. The molecular weight excluding hydrogens is 205 g/mol. The van der Waals surface area contributed by atoms with Gasteiger partial charge in [-0.1, -0.05) is 6.08 Å². The quantitative estimate of drug-likeness (QED) is 0.779. The molecule has 1 rings (SSSR count). The number of halogens is 1. The van der Waals surface area contributed by atoms with Crippen LogP contribution in [0.2, 0.25) is 0 Å². The fourth-order valence-corrected chi connectivity index (χ4v) is 1.53. The van der Waals surface area contributed by atoms with Crippen molar-refractivity contribution in [3.63, 3.8) is 0 Å². The van der Waals surface area contributed by atoms with Gasteiger partial charge in [0.15, 0.2) is 0 Å². The lowest BCUT2D eigenvalue weighted by Gasteiger charge is -2.09. The van der Waals surface area contributed by atoms with E-state index >= 15 is 0 Å². The Kier molecular flexibility index (Phi) is 4.99. The minimum absolute atomic E-state index is 0.248. The molecule has 0 fully saturated rings. The minimum Gasteiger partial charge on any atom is -0.496 e. The predicted octanol–water partition coefficient (Wildman–Crippen LogP) is 2.98. The van der Waals surface area contributed by atoms with Crippen LogP contribution in [-0.4, -0.2) is 13.7 Å². The number of nitrogens with two attached hydrogens (primary N) is 1. The molecule has 16 heavy (non-hydrogen) atoms. The molecule has 2 N–H and O–H groups in total. The molecule has 1 aromatic carbocycles. The van der Waals surface area contributed by atoms with Crippen LogP contribution in [0.3, 0.4) is 0 Å². The predicted molar refractivity (Wildman–Crippen MR) is 64.9 cm³/mol. The molecule has 0 aliphatic carbocycles. The Morgan fingerprint density at radius 3 is 2.88 bits per heavy atom. The summed E-state index contributed by atoms with van der Waals surface area (Å²) in [6, 6.07) is 4.54. The highest BCUT2D eigenvalue weighted by atomic mass is 19.1. The number of unbranched alkanes of at least 4 members (excludes halogenated alkanes) is 1. The largest absolute Gasteiger partial charge is 0.496 e. The molecule has 1 aromatic rings. The first kappa shape index (κ1) is 12.7. The van der Waals surface area contributed by atoms with Gasteiger partial charge in [-0.25, -0.2) is 4.39 Å². The summed E-state index contributed by atoms with van der Waals surface area (Å²) in [6.07, 6.45) is 3.90. The summed E-state index contributed by atoms with van der Waals surface area (Å²) < 4.78 is 18.3. The lowest BCUT2D eigenvalue weighted by atomic mass is 10.0. The lowest BCUT2D eigenvalue weighted by Crippen LogP contribution is -1.97. The van der Waals surface area contributed by atoms with Gasteiger partial charge in [-0.3, -0.25) is 0 Å². The van der Waals surface area contributed by atoms with Gasteiger partial charge in [0.2, 0.25) is 0 Å². The van der Waals surface area contributed by atoms with Gasteiger partial charge in [-0.05, 0) is 50.1 Å². The highest BCUT2D eigenvalue weighted by Crippen LogP contribution is 2.26. The second-order valence-corrected chi connectivity index (χ2v) is 3.66. The van der Waals surface area contributed by atoms with Gasteiger partial charge in [-0.15, -0.1) is 0 Å². The molecule has 2 nitrogen and oxygen atoms in total. The molecule has 0 aromatic heterocycles. The van der Waals surface area contributed by atoms with Gasteiger partial charge >= 0.3 is 0 Å². The van der Waals surface area contributed by atoms with Crippen molar-refractivity contribution in [1.82, 2.24) is 0 Å². The van der Waals surface area contributed by atoms with Crippen molar-refractivity contribution in [2.24, 2.45) is 5.73 Å². The van der Waals surface area contributed by atoms with Gasteiger partial charge < -0.3 is 10.5 Å². The normalized spacial score (nSPS) is 11.6. The van der Waals surface area contributed by atoms with Gasteiger partial charge in [-0.2, -0.15) is 0 Å². The molecule has 88 valence electrons. The zero-order chi connectivity index (χ0) is 12.0. The van der Waals surface area contributed by atoms with Crippen molar-refractivity contribution in [2.75, 3.05) is 13.7 Å². The van der Waals surface area contributed by atoms with E-state index < -0.39 is 0 Å². The highest BCUT2D eigenvalue weighted by Gasteiger charge is 2.05. The maximum atomic E-state index is 13.1. The monoisotopic (exact) mass is 223 g/mol. The average molecular weight is 223 g/mol. The van der Waals surface area contributed by atoms with Crippen LogP contribution in [0.5, 0.6) is 5.75 Å². The Balaban J connectivity index is 2.92. The van der Waals surface area contributed by atoms with Gasteiger partial charge in [0.1, 0.15) is 11.6 Å². The number of methoxy groups -OCH3 is 1. The fourth-order valence-electron chi connectivity index (χ4n) is 1.53. The molecule has 0 radical (unpaired) electrons. The maximum absolute atomic E-state index is 13.1. The molecule has 3 heteroatoms. The molecule has 0 saturated heterocycles. The standard InChI is InChI=1S/C13H18FNO/c1-10(5-3-4-8-15)12-9-11(14)6-7-13(12)16-2/h5-7,9H,3-4,8,15H2,1-2H3/b10-5+. The summed E-state index contributed by atoms with van der Waals surface area (Å²) in [4.78, 5) is 0. The van der Waals surface area contributed by atoms with Crippen molar-refractivity contribution >= 4 is 5.57 Å². The van der Waals surface area contributed by atoms with Crippen molar-refractivity contribution in [3.8, 4) is 5.75 Å². The van der Waals surface area contributed by atoms with Crippen molar-refractivity contribution in [2.45, 2.75) is 19.8 Å². The fraction of sp³-hybridized carbons (Fsp3) is 0.385. The van der Waals surface area contributed by atoms with Gasteiger partial charge in [0.25, 0.3) is 0 Å². The average Bonchev–Trinajstić information content (AvgIpc) is 2.29. The molecule has 0 heterocycles. The van der Waals surface area contributed by atoms with Crippen LogP contribution < -0.4 is 10.5 Å². The third-order valence-electron chi connectivity index (χ3n) is 2.45. The summed E-state index contributed by atoms with van der Waals surface area (Å²) in [7, 11) is 1.59. The van der Waals surface area contributed by atoms with Gasteiger partial charge in [0.05, 0.1) is 7.11 Å². The molecule has 0 unspecified atom stereocenters. The van der Waals surface area contributed by atoms with Crippen LogP contribution in [0.25, 0.3) is 5.57 Å². The van der Waals surface area contributed by atoms with E-state index in [9.17, 15) is 4.39 Å². The van der Waals surface area contributed by atoms with Crippen LogP contribution >= 0.6 is 0 Å². The highest BCUT2D eigenvalue weighted by molar-refractivity contribution is 5.68. The van der Waals surface area contributed by atoms with Crippen LogP contribution in [0.15, 0.2) is 24.3 Å². The smallest absolute Gasteiger partial charge is 0.126 e. The third kappa shape index (κ3) is 3.35. The van der Waals surface area contributed by atoms with E-state index in [0.717, 1.165) is 24.0 Å². The first-order valence-corrected chi connectivity index (χ1v) is 5.39.